The van der Waals surface area contributed by atoms with Crippen LogP contribution in [-0.2, 0) is 4.79 Å². The van der Waals surface area contributed by atoms with Gasteiger partial charge in [0.15, 0.2) is 17.6 Å². The molecule has 0 spiro atoms. The number of nitrogens with zero attached hydrogens (tertiary/aromatic N) is 1. The fourth-order valence-electron chi connectivity index (χ4n) is 1.89. The second-order valence-electron chi connectivity index (χ2n) is 4.74. The Morgan fingerprint density at radius 3 is 2.70 bits per heavy atom. The Bertz CT molecular complexity index is 756. The number of methoxy groups -OCH3 is 1. The molecule has 5 nitrogen and oxygen atoms in total. The summed E-state index contributed by atoms with van der Waals surface area (Å²) >= 11 is 3.35. The van der Waals surface area contributed by atoms with Gasteiger partial charge >= 0.3 is 0 Å². The quantitative estimate of drug-likeness (QED) is 0.865. The van der Waals surface area contributed by atoms with Gasteiger partial charge in [-0.05, 0) is 37.3 Å². The summed E-state index contributed by atoms with van der Waals surface area (Å²) in [7, 11) is 1.48. The van der Waals surface area contributed by atoms with Crippen molar-refractivity contribution in [2.24, 2.45) is 0 Å². The number of amides is 1. The zero-order valence-corrected chi connectivity index (χ0v) is 14.3. The van der Waals surface area contributed by atoms with Gasteiger partial charge in [-0.15, -0.1) is 0 Å². The van der Waals surface area contributed by atoms with Crippen LogP contribution >= 0.6 is 15.9 Å². The third-order valence-corrected chi connectivity index (χ3v) is 3.55. The van der Waals surface area contributed by atoms with E-state index in [9.17, 15) is 4.79 Å². The maximum absolute atomic E-state index is 12.2. The van der Waals surface area contributed by atoms with Crippen LogP contribution in [0.25, 0.3) is 0 Å². The molecule has 23 heavy (non-hydrogen) atoms. The molecule has 0 aliphatic carbocycles. The molecule has 118 valence electrons. The Hall–Kier alpha value is -2.52. The smallest absolute Gasteiger partial charge is 0.265 e. The van der Waals surface area contributed by atoms with Crippen LogP contribution in [0.1, 0.15) is 12.5 Å². The van der Waals surface area contributed by atoms with E-state index in [1.165, 1.54) is 7.11 Å². The Balaban J connectivity index is 2.08. The molecule has 1 N–H and O–H groups in total. The molecule has 0 aromatic heterocycles. The standard InChI is InChI=1S/C17H15BrN2O3/c1-11(17(21)20-14-5-3-4-13(18)9-14)23-15-7-6-12(10-19)8-16(15)22-2/h3-9,11H,1-2H3,(H,20,21)/t11-/m0/s1. The van der Waals surface area contributed by atoms with Crippen molar-refractivity contribution in [3.05, 3.63) is 52.5 Å². The Morgan fingerprint density at radius 1 is 1.26 bits per heavy atom. The first-order valence-corrected chi connectivity index (χ1v) is 7.64. The fraction of sp³-hybridized carbons (Fsp3) is 0.176. The Kier molecular flexibility index (Phi) is 5.61. The number of hydrogen-bond acceptors (Lipinski definition) is 4. The van der Waals surface area contributed by atoms with Crippen molar-refractivity contribution in [3.8, 4) is 17.6 Å². The predicted molar refractivity (Wildman–Crippen MR) is 90.6 cm³/mol. The van der Waals surface area contributed by atoms with Gasteiger partial charge in [0, 0.05) is 16.2 Å². The van der Waals surface area contributed by atoms with E-state index in [1.807, 2.05) is 18.2 Å². The number of anilines is 1. The van der Waals surface area contributed by atoms with Gasteiger partial charge in [0.2, 0.25) is 0 Å². The summed E-state index contributed by atoms with van der Waals surface area (Å²) in [6.07, 6.45) is -0.726. The molecule has 0 saturated heterocycles. The highest BCUT2D eigenvalue weighted by atomic mass is 79.9. The van der Waals surface area contributed by atoms with E-state index in [0.29, 0.717) is 22.7 Å². The summed E-state index contributed by atoms with van der Waals surface area (Å²) in [4.78, 5) is 12.2. The molecular weight excluding hydrogens is 360 g/mol. The van der Waals surface area contributed by atoms with E-state index in [0.717, 1.165) is 4.47 Å². The van der Waals surface area contributed by atoms with E-state index < -0.39 is 6.10 Å². The zero-order chi connectivity index (χ0) is 16.8. The minimum absolute atomic E-state index is 0.283. The molecule has 0 aliphatic heterocycles. The summed E-state index contributed by atoms with van der Waals surface area (Å²) in [5.74, 6) is 0.532. The zero-order valence-electron chi connectivity index (χ0n) is 12.7. The maximum Gasteiger partial charge on any atom is 0.265 e. The molecule has 2 rings (SSSR count). The van der Waals surface area contributed by atoms with Crippen LogP contribution in [0.15, 0.2) is 46.9 Å². The van der Waals surface area contributed by atoms with E-state index in [-0.39, 0.29) is 5.91 Å². The van der Waals surface area contributed by atoms with Crippen LogP contribution < -0.4 is 14.8 Å². The average Bonchev–Trinajstić information content (AvgIpc) is 2.55. The number of nitrogens with one attached hydrogen (secondary N) is 1. The van der Waals surface area contributed by atoms with Gasteiger partial charge in [-0.25, -0.2) is 0 Å². The molecular formula is C17H15BrN2O3. The van der Waals surface area contributed by atoms with Crippen LogP contribution in [0, 0.1) is 11.3 Å². The Labute approximate surface area is 143 Å². The minimum Gasteiger partial charge on any atom is -0.493 e. The van der Waals surface area contributed by atoms with Gasteiger partial charge in [-0.2, -0.15) is 5.26 Å². The lowest BCUT2D eigenvalue weighted by Gasteiger charge is -2.17. The summed E-state index contributed by atoms with van der Waals surface area (Å²) in [6.45, 7) is 1.64. The molecule has 0 saturated carbocycles. The third-order valence-electron chi connectivity index (χ3n) is 3.06. The second-order valence-corrected chi connectivity index (χ2v) is 5.65. The number of nitriles is 1. The SMILES string of the molecule is COc1cc(C#N)ccc1O[C@@H](C)C(=O)Nc1cccc(Br)c1. The van der Waals surface area contributed by atoms with Crippen LogP contribution in [0.4, 0.5) is 5.69 Å². The number of rotatable bonds is 5. The second kappa shape index (κ2) is 7.65. The number of halogens is 1. The van der Waals surface area contributed by atoms with E-state index >= 15 is 0 Å². The maximum atomic E-state index is 12.2. The number of hydrogen-bond donors (Lipinski definition) is 1. The first kappa shape index (κ1) is 16.8. The highest BCUT2D eigenvalue weighted by molar-refractivity contribution is 9.10. The van der Waals surface area contributed by atoms with E-state index in [4.69, 9.17) is 14.7 Å². The lowest BCUT2D eigenvalue weighted by Crippen LogP contribution is -2.30. The summed E-state index contributed by atoms with van der Waals surface area (Å²) < 4.78 is 11.7. The minimum atomic E-state index is -0.726. The molecule has 1 atom stereocenters. The van der Waals surface area contributed by atoms with Crippen molar-refractivity contribution in [1.29, 1.82) is 5.26 Å². The number of benzene rings is 2. The largest absolute Gasteiger partial charge is 0.493 e. The summed E-state index contributed by atoms with van der Waals surface area (Å²) in [5, 5.41) is 11.7. The van der Waals surface area contributed by atoms with Gasteiger partial charge in [-0.1, -0.05) is 22.0 Å². The van der Waals surface area contributed by atoms with Crippen molar-refractivity contribution in [1.82, 2.24) is 0 Å². The van der Waals surface area contributed by atoms with Crippen LogP contribution in [-0.4, -0.2) is 19.1 Å². The van der Waals surface area contributed by atoms with Crippen molar-refractivity contribution >= 4 is 27.5 Å². The van der Waals surface area contributed by atoms with Crippen LogP contribution in [0.3, 0.4) is 0 Å². The first-order chi connectivity index (χ1) is 11.0. The van der Waals surface area contributed by atoms with Gasteiger partial charge in [0.05, 0.1) is 18.7 Å². The predicted octanol–water partition coefficient (Wildman–Crippen LogP) is 3.74. The highest BCUT2D eigenvalue weighted by Crippen LogP contribution is 2.29. The lowest BCUT2D eigenvalue weighted by atomic mass is 10.2. The molecule has 0 unspecified atom stereocenters. The number of ether oxygens (including phenoxy) is 2. The summed E-state index contributed by atoms with van der Waals surface area (Å²) in [6, 6.07) is 14.1. The first-order valence-electron chi connectivity index (χ1n) is 6.84. The topological polar surface area (TPSA) is 71.3 Å². The van der Waals surface area contributed by atoms with Crippen LogP contribution in [0.2, 0.25) is 0 Å². The monoisotopic (exact) mass is 374 g/mol. The molecule has 0 radical (unpaired) electrons. The molecule has 0 aliphatic rings. The van der Waals surface area contributed by atoms with E-state index in [2.05, 4.69) is 21.2 Å². The van der Waals surface area contributed by atoms with E-state index in [1.54, 1.807) is 37.3 Å². The summed E-state index contributed by atoms with van der Waals surface area (Å²) in [5.41, 5.74) is 1.13. The average molecular weight is 375 g/mol. The fourth-order valence-corrected chi connectivity index (χ4v) is 2.29. The van der Waals surface area contributed by atoms with Crippen molar-refractivity contribution < 1.29 is 14.3 Å². The number of carbonyl (C=O) groups excluding carboxylic acids is 1. The molecule has 0 bridgehead atoms. The molecule has 0 fully saturated rings. The van der Waals surface area contributed by atoms with Crippen LogP contribution in [0.5, 0.6) is 11.5 Å². The lowest BCUT2D eigenvalue weighted by molar-refractivity contribution is -0.122. The molecule has 0 heterocycles. The highest BCUT2D eigenvalue weighted by Gasteiger charge is 2.17. The molecule has 2 aromatic carbocycles. The molecule has 6 heteroatoms. The van der Waals surface area contributed by atoms with Gasteiger partial charge in [-0.3, -0.25) is 4.79 Å². The molecule has 1 amide bonds. The van der Waals surface area contributed by atoms with Gasteiger partial charge in [0.1, 0.15) is 0 Å². The van der Waals surface area contributed by atoms with Crippen molar-refractivity contribution in [3.63, 3.8) is 0 Å². The van der Waals surface area contributed by atoms with Gasteiger partial charge < -0.3 is 14.8 Å². The normalized spacial score (nSPS) is 11.2. The van der Waals surface area contributed by atoms with Crippen molar-refractivity contribution in [2.75, 3.05) is 12.4 Å². The molecule has 2 aromatic rings. The van der Waals surface area contributed by atoms with Gasteiger partial charge in [0.25, 0.3) is 5.91 Å². The van der Waals surface area contributed by atoms with Crippen molar-refractivity contribution in [2.45, 2.75) is 13.0 Å². The third kappa shape index (κ3) is 4.47. The number of carbonyl (C=O) groups is 1. The Morgan fingerprint density at radius 2 is 2.04 bits per heavy atom.